The van der Waals surface area contributed by atoms with Gasteiger partial charge in [0.05, 0.1) is 23.8 Å². The predicted octanol–water partition coefficient (Wildman–Crippen LogP) is 4.07. The zero-order valence-corrected chi connectivity index (χ0v) is 27.4. The van der Waals surface area contributed by atoms with E-state index in [4.69, 9.17) is 9.47 Å². The number of rotatable bonds is 13. The first kappa shape index (κ1) is 40.3. The Kier molecular flexibility index (Phi) is 16.9. The SMILES string of the molecule is CCCOc1cc([O-])c(C=Nc2cc([N+](=O)[O-])ccc2[O-])c(OCCC)c1.O=C1CCC[C-]1C(=O)CCc1cc(O)ccc1O.[Cr+3].[OH3+]. The number of aromatic hydroxyl groups is 2. The molecule has 13 nitrogen and oxygen atoms in total. The van der Waals surface area contributed by atoms with Gasteiger partial charge >= 0.3 is 17.4 Å². The van der Waals surface area contributed by atoms with Crippen molar-refractivity contribution in [2.45, 2.75) is 58.8 Å². The summed E-state index contributed by atoms with van der Waals surface area (Å²) >= 11 is 0. The molecule has 0 aromatic heterocycles. The Bertz CT molecular complexity index is 1550. The number of aliphatic imine (C=N–C) groups is 1. The van der Waals surface area contributed by atoms with Crippen LogP contribution in [0.4, 0.5) is 11.4 Å². The summed E-state index contributed by atoms with van der Waals surface area (Å²) in [6.45, 7) is 4.73. The number of nitrogens with zero attached hydrogens (tertiary/aromatic N) is 2. The number of nitro groups is 1. The molecule has 3 aromatic carbocycles. The average molecular weight is 691 g/mol. The van der Waals surface area contributed by atoms with Crippen LogP contribution >= 0.6 is 0 Å². The van der Waals surface area contributed by atoms with E-state index >= 15 is 0 Å². The molecule has 0 spiro atoms. The molecule has 14 heteroatoms. The van der Waals surface area contributed by atoms with Crippen LogP contribution in [0, 0.1) is 16.0 Å². The van der Waals surface area contributed by atoms with Gasteiger partial charge in [0.1, 0.15) is 23.0 Å². The van der Waals surface area contributed by atoms with Crippen molar-refractivity contribution in [1.82, 2.24) is 0 Å². The molecule has 4 rings (SSSR count). The van der Waals surface area contributed by atoms with E-state index < -0.39 is 10.7 Å². The van der Waals surface area contributed by atoms with Crippen molar-refractivity contribution in [2.75, 3.05) is 13.2 Å². The van der Waals surface area contributed by atoms with E-state index in [1.165, 1.54) is 30.5 Å². The Morgan fingerprint density at radius 3 is 2.36 bits per heavy atom. The van der Waals surface area contributed by atoms with Gasteiger partial charge in [-0.15, -0.1) is 0 Å². The number of hydrogen-bond donors (Lipinski definition) is 2. The second kappa shape index (κ2) is 19.7. The molecule has 1 saturated carbocycles. The van der Waals surface area contributed by atoms with Gasteiger partial charge in [-0.25, -0.2) is 5.92 Å². The van der Waals surface area contributed by atoms with Crippen molar-refractivity contribution in [3.63, 3.8) is 0 Å². The van der Waals surface area contributed by atoms with Gasteiger partial charge in [-0.1, -0.05) is 37.8 Å². The zero-order chi connectivity index (χ0) is 32.9. The largest absolute Gasteiger partial charge is 3.00 e. The van der Waals surface area contributed by atoms with E-state index in [0.717, 1.165) is 37.5 Å². The van der Waals surface area contributed by atoms with Crippen LogP contribution in [0.2, 0.25) is 0 Å². The van der Waals surface area contributed by atoms with E-state index in [1.807, 2.05) is 13.8 Å². The molecule has 0 atom stereocenters. The molecule has 1 aliphatic carbocycles. The Morgan fingerprint density at radius 1 is 1.02 bits per heavy atom. The molecule has 3 aromatic rings. The Hall–Kier alpha value is -4.77. The fourth-order valence-electron chi connectivity index (χ4n) is 4.38. The summed E-state index contributed by atoms with van der Waals surface area (Å²) in [6.07, 6.45) is 5.05. The van der Waals surface area contributed by atoms with Gasteiger partial charge in [0, 0.05) is 41.5 Å². The van der Waals surface area contributed by atoms with Crippen molar-refractivity contribution in [1.29, 1.82) is 0 Å². The quantitative estimate of drug-likeness (QED) is 0.0652. The number of carbonyl (C=O) groups excluding carboxylic acids is 2. The summed E-state index contributed by atoms with van der Waals surface area (Å²) in [5.74, 6) is 0.166. The van der Waals surface area contributed by atoms with Crippen molar-refractivity contribution >= 4 is 29.2 Å². The molecule has 1 fully saturated rings. The predicted molar refractivity (Wildman–Crippen MR) is 167 cm³/mol. The summed E-state index contributed by atoms with van der Waals surface area (Å²) < 4.78 is 11.1. The van der Waals surface area contributed by atoms with Crippen molar-refractivity contribution in [3.05, 3.63) is 75.7 Å². The average Bonchev–Trinajstić information content (AvgIpc) is 3.45. The Morgan fingerprint density at radius 2 is 1.72 bits per heavy atom. The number of benzene rings is 3. The summed E-state index contributed by atoms with van der Waals surface area (Å²) in [6, 6.07) is 10.4. The van der Waals surface area contributed by atoms with E-state index in [2.05, 4.69) is 4.99 Å². The standard InChI is InChI=1S/C19H22N2O6.C14H15O4.Cr.H2O/c1-3-7-26-14-10-18(23)15(19(11-14)27-8-4-2)12-20-16-9-13(21(24)25)5-6-17(16)22;15-10-5-7-12(16)9(8-10)4-6-14(18)11-2-1-3-13(11)17;;/h5-6,9-12,22-23H,3-4,7-8H2,1-2H3;5,7-8,15-16H,1-4,6H2;;1H2/q;-1;+3;/p-1. The third-order valence-electron chi connectivity index (χ3n) is 6.69. The van der Waals surface area contributed by atoms with Gasteiger partial charge in [0.15, 0.2) is 0 Å². The van der Waals surface area contributed by atoms with Crippen LogP contribution in [0.3, 0.4) is 0 Å². The molecule has 47 heavy (non-hydrogen) atoms. The molecular formula is C33H38CrN2O11+. The maximum atomic E-state index is 12.4. The number of Topliss-reactive ketones (excluding diaryl/α,β-unsaturated/α-hetero) is 2. The molecule has 0 amide bonds. The minimum Gasteiger partial charge on any atom is -0.872 e. The molecule has 0 aliphatic heterocycles. The number of non-ortho nitro benzene ring substituents is 1. The van der Waals surface area contributed by atoms with Gasteiger partial charge < -0.3 is 45.0 Å². The number of nitro benzene ring substituents is 1. The molecule has 5 N–H and O–H groups in total. The summed E-state index contributed by atoms with van der Waals surface area (Å²) in [5.41, 5.74) is 0.291. The second-order valence-corrected chi connectivity index (χ2v) is 10.2. The van der Waals surface area contributed by atoms with E-state index in [9.17, 15) is 40.1 Å². The van der Waals surface area contributed by atoms with Crippen molar-refractivity contribution in [3.8, 4) is 34.5 Å². The van der Waals surface area contributed by atoms with Gasteiger partial charge in [-0.05, 0) is 61.9 Å². The first-order valence-electron chi connectivity index (χ1n) is 14.6. The fraction of sp³-hybridized carbons (Fsp3) is 0.333. The molecule has 0 bridgehead atoms. The maximum absolute atomic E-state index is 12.4. The van der Waals surface area contributed by atoms with Crippen LogP contribution in [0.1, 0.15) is 63.5 Å². The molecule has 251 valence electrons. The van der Waals surface area contributed by atoms with Crippen molar-refractivity contribution in [2.24, 2.45) is 4.99 Å². The third kappa shape index (κ3) is 11.8. The molecule has 1 aliphatic rings. The van der Waals surface area contributed by atoms with Crippen LogP contribution in [-0.2, 0) is 38.8 Å². The number of carbonyl (C=O) groups is 2. The van der Waals surface area contributed by atoms with Gasteiger partial charge in [0.25, 0.3) is 5.69 Å². The van der Waals surface area contributed by atoms with Crippen LogP contribution in [0.15, 0.2) is 53.5 Å². The van der Waals surface area contributed by atoms with E-state index in [0.29, 0.717) is 49.7 Å². The number of aryl methyl sites for hydroxylation is 1. The van der Waals surface area contributed by atoms with Crippen LogP contribution in [0.5, 0.6) is 34.5 Å². The topological polar surface area (TPSA) is 228 Å². The third-order valence-corrected chi connectivity index (χ3v) is 6.69. The first-order chi connectivity index (χ1) is 21.5. The first-order valence-corrected chi connectivity index (χ1v) is 14.6. The minimum absolute atomic E-state index is 0. The molecule has 0 heterocycles. The fourth-order valence-corrected chi connectivity index (χ4v) is 4.38. The molecule has 0 saturated heterocycles. The summed E-state index contributed by atoms with van der Waals surface area (Å²) in [7, 11) is 0. The number of ketones is 2. The number of phenols is 2. The molecular weight excluding hydrogens is 652 g/mol. The Labute approximate surface area is 283 Å². The normalized spacial score (nSPS) is 12.0. The van der Waals surface area contributed by atoms with Gasteiger partial charge in [0.2, 0.25) is 0 Å². The van der Waals surface area contributed by atoms with Crippen LogP contribution < -0.4 is 19.7 Å². The number of hydrogen-bond acceptors (Lipinski definition) is 11. The van der Waals surface area contributed by atoms with Crippen molar-refractivity contribution < 1.29 is 67.2 Å². The smallest absolute Gasteiger partial charge is 0.872 e. The molecule has 1 radical (unpaired) electrons. The van der Waals surface area contributed by atoms with E-state index in [1.54, 1.807) is 6.07 Å². The van der Waals surface area contributed by atoms with Gasteiger partial charge in [-0.3, -0.25) is 15.1 Å². The monoisotopic (exact) mass is 690 g/mol. The number of phenolic OH excluding ortho intramolecular Hbond substituents is 2. The zero-order valence-electron chi connectivity index (χ0n) is 26.1. The van der Waals surface area contributed by atoms with Crippen LogP contribution in [-0.4, -0.2) is 46.1 Å². The van der Waals surface area contributed by atoms with Crippen LogP contribution in [0.25, 0.3) is 0 Å². The second-order valence-electron chi connectivity index (χ2n) is 10.2. The minimum atomic E-state index is -0.618. The Balaban J connectivity index is 0.000000483. The maximum Gasteiger partial charge on any atom is 3.00 e. The molecule has 0 unspecified atom stereocenters. The number of ether oxygens (including phenoxy) is 2. The summed E-state index contributed by atoms with van der Waals surface area (Å²) in [5, 5.41) is 54.0. The summed E-state index contributed by atoms with van der Waals surface area (Å²) in [4.78, 5) is 37.4. The van der Waals surface area contributed by atoms with Gasteiger partial charge in [-0.2, -0.15) is 6.42 Å². The van der Waals surface area contributed by atoms with E-state index in [-0.39, 0.29) is 80.8 Å².